The summed E-state index contributed by atoms with van der Waals surface area (Å²) in [6.07, 6.45) is 2.67. The van der Waals surface area contributed by atoms with Crippen molar-refractivity contribution < 1.29 is 9.90 Å². The molecule has 15 heavy (non-hydrogen) atoms. The van der Waals surface area contributed by atoms with Crippen molar-refractivity contribution in [3.8, 4) is 0 Å². The molecule has 5 heteroatoms. The Bertz CT molecular complexity index is 198. The van der Waals surface area contributed by atoms with Crippen LogP contribution in [-0.2, 0) is 4.79 Å². The van der Waals surface area contributed by atoms with Crippen LogP contribution in [0.25, 0.3) is 0 Å². The average molecular weight is 234 g/mol. The Labute approximate surface area is 96.0 Å². The van der Waals surface area contributed by atoms with Gasteiger partial charge in [0.15, 0.2) is 0 Å². The SMILES string of the molecule is CSCC[C@@H](N)C(=O)NCC(C)(C)CO. The monoisotopic (exact) mass is 234 g/mol. The zero-order valence-corrected chi connectivity index (χ0v) is 10.6. The number of carbonyl (C=O) groups is 1. The minimum absolute atomic E-state index is 0.0489. The molecule has 4 N–H and O–H groups in total. The van der Waals surface area contributed by atoms with Crippen LogP contribution in [0.5, 0.6) is 0 Å². The Kier molecular flexibility index (Phi) is 6.96. The van der Waals surface area contributed by atoms with Gasteiger partial charge in [-0.3, -0.25) is 4.79 Å². The maximum absolute atomic E-state index is 11.5. The number of nitrogens with two attached hydrogens (primary N) is 1. The van der Waals surface area contributed by atoms with Crippen molar-refractivity contribution in [2.24, 2.45) is 11.1 Å². The normalized spacial score (nSPS) is 13.7. The van der Waals surface area contributed by atoms with E-state index >= 15 is 0 Å². The van der Waals surface area contributed by atoms with E-state index in [1.165, 1.54) is 0 Å². The molecular formula is C10H22N2O2S. The summed E-state index contributed by atoms with van der Waals surface area (Å²) in [6, 6.07) is -0.438. The zero-order valence-electron chi connectivity index (χ0n) is 9.75. The number of aliphatic hydroxyl groups is 1. The molecule has 4 nitrogen and oxygen atoms in total. The number of hydrogen-bond donors (Lipinski definition) is 3. The van der Waals surface area contributed by atoms with E-state index < -0.39 is 6.04 Å². The molecule has 0 saturated heterocycles. The number of hydrogen-bond acceptors (Lipinski definition) is 4. The molecule has 0 heterocycles. The minimum Gasteiger partial charge on any atom is -0.396 e. The van der Waals surface area contributed by atoms with E-state index in [-0.39, 0.29) is 17.9 Å². The molecule has 0 aliphatic heterocycles. The standard InChI is InChI=1S/C10H22N2O2S/c1-10(2,7-13)6-12-9(14)8(11)4-5-15-3/h8,13H,4-7,11H2,1-3H3,(H,12,14)/t8-/m1/s1. The van der Waals surface area contributed by atoms with E-state index in [9.17, 15) is 4.79 Å². The maximum atomic E-state index is 11.5. The lowest BCUT2D eigenvalue weighted by atomic mass is 9.95. The Hall–Kier alpha value is -0.260. The summed E-state index contributed by atoms with van der Waals surface area (Å²) in [5.41, 5.74) is 5.40. The van der Waals surface area contributed by atoms with Gasteiger partial charge in [-0.1, -0.05) is 13.8 Å². The van der Waals surface area contributed by atoms with Gasteiger partial charge < -0.3 is 16.2 Å². The summed E-state index contributed by atoms with van der Waals surface area (Å²) >= 11 is 1.68. The van der Waals surface area contributed by atoms with Gasteiger partial charge in [0.25, 0.3) is 0 Å². The summed E-state index contributed by atoms with van der Waals surface area (Å²) in [4.78, 5) is 11.5. The van der Waals surface area contributed by atoms with Gasteiger partial charge >= 0.3 is 0 Å². The average Bonchev–Trinajstić information content (AvgIpc) is 2.22. The molecule has 0 unspecified atom stereocenters. The highest BCUT2D eigenvalue weighted by Gasteiger charge is 2.19. The largest absolute Gasteiger partial charge is 0.396 e. The number of nitrogens with one attached hydrogen (secondary N) is 1. The van der Waals surface area contributed by atoms with Crippen molar-refractivity contribution in [3.63, 3.8) is 0 Å². The number of rotatable bonds is 7. The third-order valence-electron chi connectivity index (χ3n) is 2.14. The van der Waals surface area contributed by atoms with E-state index in [1.807, 2.05) is 20.1 Å². The van der Waals surface area contributed by atoms with Crippen LogP contribution in [0.2, 0.25) is 0 Å². The van der Waals surface area contributed by atoms with Crippen LogP contribution in [0, 0.1) is 5.41 Å². The first-order chi connectivity index (χ1) is 6.93. The van der Waals surface area contributed by atoms with E-state index in [2.05, 4.69) is 5.32 Å². The lowest BCUT2D eigenvalue weighted by Crippen LogP contribution is -2.45. The van der Waals surface area contributed by atoms with Crippen molar-refractivity contribution in [3.05, 3.63) is 0 Å². The summed E-state index contributed by atoms with van der Waals surface area (Å²) in [7, 11) is 0. The minimum atomic E-state index is -0.438. The Morgan fingerprint density at radius 3 is 2.67 bits per heavy atom. The van der Waals surface area contributed by atoms with E-state index in [1.54, 1.807) is 11.8 Å². The first-order valence-electron chi connectivity index (χ1n) is 5.06. The smallest absolute Gasteiger partial charge is 0.236 e. The van der Waals surface area contributed by atoms with Crippen molar-refractivity contribution in [1.29, 1.82) is 0 Å². The molecule has 0 aromatic rings. The van der Waals surface area contributed by atoms with Crippen LogP contribution in [-0.4, -0.2) is 42.2 Å². The molecule has 0 aromatic heterocycles. The van der Waals surface area contributed by atoms with Gasteiger partial charge in [0.1, 0.15) is 0 Å². The molecule has 0 spiro atoms. The first kappa shape index (κ1) is 14.7. The highest BCUT2D eigenvalue weighted by molar-refractivity contribution is 7.98. The van der Waals surface area contributed by atoms with Gasteiger partial charge in [-0.05, 0) is 18.4 Å². The predicted molar refractivity (Wildman–Crippen MR) is 64.9 cm³/mol. The van der Waals surface area contributed by atoms with E-state index in [0.717, 1.165) is 5.75 Å². The fraction of sp³-hybridized carbons (Fsp3) is 0.900. The van der Waals surface area contributed by atoms with Crippen LogP contribution in [0.15, 0.2) is 0 Å². The maximum Gasteiger partial charge on any atom is 0.236 e. The summed E-state index contributed by atoms with van der Waals surface area (Å²) in [5, 5.41) is 11.8. The number of carbonyl (C=O) groups excluding carboxylic acids is 1. The van der Waals surface area contributed by atoms with Crippen LogP contribution in [0.4, 0.5) is 0 Å². The van der Waals surface area contributed by atoms with Gasteiger partial charge in [0, 0.05) is 18.6 Å². The second-order valence-corrected chi connectivity index (χ2v) is 5.41. The van der Waals surface area contributed by atoms with Gasteiger partial charge in [-0.25, -0.2) is 0 Å². The van der Waals surface area contributed by atoms with Crippen LogP contribution in [0.1, 0.15) is 20.3 Å². The summed E-state index contributed by atoms with van der Waals surface area (Å²) in [5.74, 6) is 0.753. The Balaban J connectivity index is 3.82. The number of aliphatic hydroxyl groups excluding tert-OH is 1. The number of thioether (sulfide) groups is 1. The van der Waals surface area contributed by atoms with Crippen LogP contribution < -0.4 is 11.1 Å². The van der Waals surface area contributed by atoms with Crippen LogP contribution in [0.3, 0.4) is 0 Å². The lowest BCUT2D eigenvalue weighted by molar-refractivity contribution is -0.122. The topological polar surface area (TPSA) is 75.4 Å². The lowest BCUT2D eigenvalue weighted by Gasteiger charge is -2.23. The van der Waals surface area contributed by atoms with E-state index in [4.69, 9.17) is 10.8 Å². The molecule has 1 amide bonds. The molecule has 0 saturated carbocycles. The van der Waals surface area contributed by atoms with Crippen molar-refractivity contribution in [1.82, 2.24) is 5.32 Å². The molecule has 90 valence electrons. The molecule has 0 bridgehead atoms. The molecule has 0 aromatic carbocycles. The van der Waals surface area contributed by atoms with E-state index in [0.29, 0.717) is 13.0 Å². The fourth-order valence-corrected chi connectivity index (χ4v) is 1.38. The highest BCUT2D eigenvalue weighted by Crippen LogP contribution is 2.11. The Morgan fingerprint density at radius 2 is 2.20 bits per heavy atom. The zero-order chi connectivity index (χ0) is 11.9. The highest BCUT2D eigenvalue weighted by atomic mass is 32.2. The first-order valence-corrected chi connectivity index (χ1v) is 6.45. The molecule has 0 rings (SSSR count). The molecule has 0 aliphatic carbocycles. The van der Waals surface area contributed by atoms with Crippen molar-refractivity contribution in [2.45, 2.75) is 26.3 Å². The van der Waals surface area contributed by atoms with Gasteiger partial charge in [-0.15, -0.1) is 0 Å². The molecule has 0 radical (unpaired) electrons. The molecule has 0 aliphatic rings. The fourth-order valence-electron chi connectivity index (χ4n) is 0.889. The summed E-state index contributed by atoms with van der Waals surface area (Å²) < 4.78 is 0. The predicted octanol–water partition coefficient (Wildman–Crippen LogP) is 0.202. The van der Waals surface area contributed by atoms with Crippen molar-refractivity contribution >= 4 is 17.7 Å². The third-order valence-corrected chi connectivity index (χ3v) is 2.78. The molecule has 0 fully saturated rings. The van der Waals surface area contributed by atoms with Gasteiger partial charge in [0.2, 0.25) is 5.91 Å². The Morgan fingerprint density at radius 1 is 1.60 bits per heavy atom. The van der Waals surface area contributed by atoms with Gasteiger partial charge in [-0.2, -0.15) is 11.8 Å². The van der Waals surface area contributed by atoms with Gasteiger partial charge in [0.05, 0.1) is 6.04 Å². The van der Waals surface area contributed by atoms with Crippen LogP contribution >= 0.6 is 11.8 Å². The third kappa shape index (κ3) is 6.76. The second-order valence-electron chi connectivity index (χ2n) is 4.43. The quantitative estimate of drug-likeness (QED) is 0.588. The summed E-state index contributed by atoms with van der Waals surface area (Å²) in [6.45, 7) is 4.28. The second kappa shape index (κ2) is 7.09. The molecular weight excluding hydrogens is 212 g/mol. The molecule has 1 atom stereocenters. The van der Waals surface area contributed by atoms with Crippen molar-refractivity contribution in [2.75, 3.05) is 25.2 Å². The number of amides is 1.